The average molecular weight is 1190 g/mol. The van der Waals surface area contributed by atoms with E-state index in [2.05, 4.69) is 25.8 Å². The van der Waals surface area contributed by atoms with Gasteiger partial charge in [0.05, 0.1) is 36.5 Å². The van der Waals surface area contributed by atoms with Crippen LogP contribution in [0.4, 0.5) is 4.79 Å². The van der Waals surface area contributed by atoms with Crippen LogP contribution in [0.3, 0.4) is 0 Å². The van der Waals surface area contributed by atoms with Gasteiger partial charge in [0.15, 0.2) is 5.78 Å². The van der Waals surface area contributed by atoms with Crippen LogP contribution in [0, 0.1) is 5.92 Å². The number of hydrogen-bond donors (Lipinski definition) is 7. The standard InChI is InChI=1S/C29H32Cl4N2O9.C26H33N3O7/c30-17-1-3-19(43-15-9-34-5-11-41-12-6-34)25(32)21(17)23(28(37)38)27(36)24(29(39)40)22-18(31)2-4-20(26(22)33)44-16-10-35-7-13-42-14-8-35;1-16(2)13-21(24(32)29-22(25(33)34)14-18-9-11-20(30)12-10-18)28-23(31)17(3)27-26(35)36-15-19-7-5-4-6-8-19/h1-4,23-24H,5-16H2,(H,37,38)(H,39,40);4-12,16-17,21-22,30H,13-15H2,1-3H3,(H,27,35)(H,28,31)(H,29,32)(H,33,34)/t;17-,21+,22+/m.1/s1. The molecule has 0 aromatic heterocycles. The highest BCUT2D eigenvalue weighted by molar-refractivity contribution is 6.40. The van der Waals surface area contributed by atoms with Gasteiger partial charge in [-0.25, -0.2) is 9.59 Å². The predicted octanol–water partition coefficient (Wildman–Crippen LogP) is 6.68. The van der Waals surface area contributed by atoms with E-state index in [1.54, 1.807) is 24.3 Å². The lowest BCUT2D eigenvalue weighted by Gasteiger charge is -2.27. The van der Waals surface area contributed by atoms with E-state index < -0.39 is 71.6 Å². The number of nitrogens with one attached hydrogen (secondary N) is 3. The summed E-state index contributed by atoms with van der Waals surface area (Å²) in [5, 5.41) is 46.1. The van der Waals surface area contributed by atoms with Crippen molar-refractivity contribution in [3.8, 4) is 17.2 Å². The number of carbonyl (C=O) groups excluding carboxylic acids is 4. The van der Waals surface area contributed by atoms with E-state index in [1.807, 2.05) is 32.0 Å². The number of ketones is 1. The number of amides is 3. The molecule has 0 saturated carbocycles. The van der Waals surface area contributed by atoms with Gasteiger partial charge in [-0.2, -0.15) is 0 Å². The predicted molar refractivity (Wildman–Crippen MR) is 296 cm³/mol. The van der Waals surface area contributed by atoms with Crippen molar-refractivity contribution < 1.29 is 77.7 Å². The number of phenols is 1. The van der Waals surface area contributed by atoms with Crippen molar-refractivity contribution in [2.45, 2.75) is 70.2 Å². The molecule has 5 atom stereocenters. The summed E-state index contributed by atoms with van der Waals surface area (Å²) in [6, 6.07) is 17.4. The van der Waals surface area contributed by atoms with Crippen molar-refractivity contribution >= 4 is 88.0 Å². The Morgan fingerprint density at radius 2 is 1.06 bits per heavy atom. The number of morpholine rings is 2. The van der Waals surface area contributed by atoms with Gasteiger partial charge in [-0.15, -0.1) is 0 Å². The maximum atomic E-state index is 13.9. The average Bonchev–Trinajstić information content (AvgIpc) is 3.47. The number of hydrogen-bond acceptors (Lipinski definition) is 15. The molecular weight excluding hydrogens is 1130 g/mol. The lowest BCUT2D eigenvalue weighted by atomic mass is 9.83. The van der Waals surface area contributed by atoms with Crippen molar-refractivity contribution in [2.75, 3.05) is 78.9 Å². The van der Waals surface area contributed by atoms with Gasteiger partial charge in [0.1, 0.15) is 67.0 Å². The molecule has 4 aromatic rings. The first-order valence-electron chi connectivity index (χ1n) is 25.5. The van der Waals surface area contributed by atoms with Gasteiger partial charge < -0.3 is 60.1 Å². The lowest BCUT2D eigenvalue weighted by molar-refractivity contribution is -0.147. The smallest absolute Gasteiger partial charge is 0.408 e. The zero-order valence-electron chi connectivity index (χ0n) is 44.2. The molecule has 21 nitrogen and oxygen atoms in total. The van der Waals surface area contributed by atoms with Crippen LogP contribution in [0.1, 0.15) is 61.3 Å². The Labute approximate surface area is 482 Å². The zero-order chi connectivity index (χ0) is 58.5. The second kappa shape index (κ2) is 32.1. The minimum atomic E-state index is -2.09. The first-order chi connectivity index (χ1) is 38.1. The van der Waals surface area contributed by atoms with E-state index >= 15 is 0 Å². The summed E-state index contributed by atoms with van der Waals surface area (Å²) in [7, 11) is 0. The molecule has 6 rings (SSSR count). The Kier molecular flexibility index (Phi) is 25.9. The van der Waals surface area contributed by atoms with Gasteiger partial charge in [0.2, 0.25) is 11.8 Å². The van der Waals surface area contributed by atoms with Crippen LogP contribution in [0.25, 0.3) is 0 Å². The Morgan fingerprint density at radius 1 is 0.588 bits per heavy atom. The SMILES string of the molecule is CC(C)C[C@H](NC(=O)[C@@H](C)NC(=O)OCc1ccccc1)C(=O)N[C@@H](Cc1ccc(O)cc1)C(=O)O.O=C(O)C(C(=O)C(C(=O)O)c1c(Cl)ccc(OCCN2CCOCC2)c1Cl)c1c(Cl)ccc(OCCN2CCOCC2)c1Cl. The van der Waals surface area contributed by atoms with Crippen molar-refractivity contribution in [3.05, 3.63) is 121 Å². The molecule has 0 spiro atoms. The number of carboxylic acid groups (broad SMARTS) is 3. The highest BCUT2D eigenvalue weighted by Crippen LogP contribution is 2.44. The van der Waals surface area contributed by atoms with Crippen molar-refractivity contribution in [3.63, 3.8) is 0 Å². The van der Waals surface area contributed by atoms with Crippen LogP contribution in [0.2, 0.25) is 20.1 Å². The minimum Gasteiger partial charge on any atom is -0.508 e. The molecule has 2 heterocycles. The Hall–Kier alpha value is -6.43. The van der Waals surface area contributed by atoms with Crippen LogP contribution in [-0.4, -0.2) is 169 Å². The Bertz CT molecular complexity index is 2650. The third-order valence-corrected chi connectivity index (χ3v) is 14.1. The molecule has 3 amide bonds. The maximum absolute atomic E-state index is 13.9. The molecule has 0 aliphatic carbocycles. The van der Waals surface area contributed by atoms with Gasteiger partial charge in [-0.1, -0.05) is 103 Å². The molecule has 2 aliphatic rings. The number of ether oxygens (including phenoxy) is 5. The molecule has 2 fully saturated rings. The third kappa shape index (κ3) is 19.7. The fourth-order valence-electron chi connectivity index (χ4n) is 8.36. The summed E-state index contributed by atoms with van der Waals surface area (Å²) in [5.41, 5.74) is 0.799. The van der Waals surface area contributed by atoms with Crippen molar-refractivity contribution in [1.29, 1.82) is 0 Å². The molecule has 0 radical (unpaired) electrons. The second-order valence-corrected chi connectivity index (χ2v) is 20.6. The number of rotatable bonds is 26. The van der Waals surface area contributed by atoms with E-state index in [9.17, 15) is 54.0 Å². The van der Waals surface area contributed by atoms with Crippen LogP contribution in [-0.2, 0) is 56.0 Å². The van der Waals surface area contributed by atoms with Crippen LogP contribution >= 0.6 is 46.4 Å². The molecule has 2 unspecified atom stereocenters. The quantitative estimate of drug-likeness (QED) is 0.0323. The number of carbonyl (C=O) groups is 7. The van der Waals surface area contributed by atoms with Crippen LogP contribution in [0.15, 0.2) is 78.9 Å². The summed E-state index contributed by atoms with van der Waals surface area (Å²) >= 11 is 25.9. The van der Waals surface area contributed by atoms with Gasteiger partial charge >= 0.3 is 24.0 Å². The number of aromatic hydroxyl groups is 1. The third-order valence-electron chi connectivity index (χ3n) is 12.6. The summed E-state index contributed by atoms with van der Waals surface area (Å²) in [4.78, 5) is 92.7. The number of carboxylic acids is 3. The fourth-order valence-corrected chi connectivity index (χ4v) is 9.65. The van der Waals surface area contributed by atoms with Gasteiger partial charge in [-0.05, 0) is 66.8 Å². The second-order valence-electron chi connectivity index (χ2n) is 19.0. The maximum Gasteiger partial charge on any atom is 0.408 e. The number of halogens is 4. The molecule has 25 heteroatoms. The van der Waals surface area contributed by atoms with E-state index in [-0.39, 0.29) is 87.0 Å². The van der Waals surface area contributed by atoms with Crippen molar-refractivity contribution in [1.82, 2.24) is 25.8 Å². The molecule has 434 valence electrons. The summed E-state index contributed by atoms with van der Waals surface area (Å²) < 4.78 is 27.4. The highest BCUT2D eigenvalue weighted by Gasteiger charge is 2.43. The lowest BCUT2D eigenvalue weighted by Crippen LogP contribution is -2.55. The fraction of sp³-hybridized carbons (Fsp3) is 0.436. The van der Waals surface area contributed by atoms with Crippen molar-refractivity contribution in [2.24, 2.45) is 5.92 Å². The molecule has 2 aliphatic heterocycles. The van der Waals surface area contributed by atoms with Crippen LogP contribution < -0.4 is 25.4 Å². The molecule has 7 N–H and O–H groups in total. The van der Waals surface area contributed by atoms with Gasteiger partial charge in [0.25, 0.3) is 0 Å². The summed E-state index contributed by atoms with van der Waals surface area (Å²) in [6.45, 7) is 12.1. The summed E-state index contributed by atoms with van der Waals surface area (Å²) in [5.74, 6) is -11.0. The summed E-state index contributed by atoms with van der Waals surface area (Å²) in [6.07, 6.45) is -0.533. The first kappa shape index (κ1) is 64.4. The van der Waals surface area contributed by atoms with Crippen LogP contribution in [0.5, 0.6) is 17.2 Å². The molecule has 0 bridgehead atoms. The Balaban J connectivity index is 0.000000301. The number of aliphatic carboxylic acids is 3. The highest BCUT2D eigenvalue weighted by atomic mass is 35.5. The molecule has 80 heavy (non-hydrogen) atoms. The number of phenolic OH excluding ortho intramolecular Hbond substituents is 1. The number of nitrogens with zero attached hydrogens (tertiary/aromatic N) is 2. The van der Waals surface area contributed by atoms with E-state index in [4.69, 9.17) is 70.1 Å². The normalized spacial score (nSPS) is 15.6. The number of alkyl carbamates (subject to hydrolysis) is 1. The molecule has 4 aromatic carbocycles. The van der Waals surface area contributed by atoms with Gasteiger partial charge in [-0.3, -0.25) is 33.8 Å². The first-order valence-corrected chi connectivity index (χ1v) is 27.1. The zero-order valence-corrected chi connectivity index (χ0v) is 47.2. The van der Waals surface area contributed by atoms with E-state index in [1.165, 1.54) is 43.3 Å². The van der Waals surface area contributed by atoms with E-state index in [0.29, 0.717) is 45.1 Å². The largest absolute Gasteiger partial charge is 0.508 e. The molecular formula is C55H65Cl4N5O16. The van der Waals surface area contributed by atoms with Gasteiger partial charge in [0, 0.05) is 66.9 Å². The minimum absolute atomic E-state index is 0.00505. The topological polar surface area (TPSA) is 289 Å². The number of Topliss-reactive ketones (excluding diaryl/α,β-unsaturated/α-hetero) is 1. The monoisotopic (exact) mass is 1190 g/mol. The Morgan fingerprint density at radius 3 is 1.51 bits per heavy atom. The number of benzene rings is 4. The van der Waals surface area contributed by atoms with E-state index in [0.717, 1.165) is 31.7 Å². The molecule has 2 saturated heterocycles.